The average molecular weight is 449 g/mol. The maximum Gasteiger partial charge on any atom is 0.310 e. The van der Waals surface area contributed by atoms with Gasteiger partial charge in [0.2, 0.25) is 5.91 Å². The minimum Gasteiger partial charge on any atom is -0.493 e. The lowest BCUT2D eigenvalue weighted by Gasteiger charge is -2.40. The molecule has 0 aromatic heterocycles. The van der Waals surface area contributed by atoms with Crippen molar-refractivity contribution < 1.29 is 33.7 Å². The van der Waals surface area contributed by atoms with Gasteiger partial charge in [0.05, 0.1) is 7.11 Å². The van der Waals surface area contributed by atoms with E-state index in [0.29, 0.717) is 17.1 Å². The van der Waals surface area contributed by atoms with Crippen LogP contribution in [0.4, 0.5) is 25.1 Å². The van der Waals surface area contributed by atoms with Crippen molar-refractivity contribution in [1.29, 1.82) is 0 Å². The average Bonchev–Trinajstić information content (AvgIpc) is 2.65. The van der Waals surface area contributed by atoms with E-state index in [0.717, 1.165) is 18.2 Å². The van der Waals surface area contributed by atoms with E-state index in [1.54, 1.807) is 31.2 Å². The minimum atomic E-state index is -9.74. The zero-order chi connectivity index (χ0) is 22.6. The van der Waals surface area contributed by atoms with Gasteiger partial charge in [0.15, 0.2) is 11.5 Å². The van der Waals surface area contributed by atoms with Crippen molar-refractivity contribution in [3.63, 3.8) is 0 Å². The van der Waals surface area contributed by atoms with Crippen LogP contribution in [0.2, 0.25) is 0 Å². The van der Waals surface area contributed by atoms with Gasteiger partial charge >= 0.3 is 10.2 Å². The molecule has 30 heavy (non-hydrogen) atoms. The van der Waals surface area contributed by atoms with Crippen LogP contribution in [-0.4, -0.2) is 19.1 Å². The van der Waals surface area contributed by atoms with Gasteiger partial charge in [-0.15, -0.1) is 0 Å². The van der Waals surface area contributed by atoms with Crippen LogP contribution in [0.1, 0.15) is 12.5 Å². The molecule has 0 aliphatic heterocycles. The molecule has 0 spiro atoms. The summed E-state index contributed by atoms with van der Waals surface area (Å²) in [6.45, 7) is 5.42. The third kappa shape index (κ3) is 6.51. The number of benzene rings is 2. The number of carbonyl (C=O) groups excluding carboxylic acids is 1. The van der Waals surface area contributed by atoms with Gasteiger partial charge in [-0.05, 0) is 55.0 Å². The molecule has 4 nitrogen and oxygen atoms in total. The number of amides is 1. The first-order valence-electron chi connectivity index (χ1n) is 8.52. The molecule has 1 unspecified atom stereocenters. The van der Waals surface area contributed by atoms with Gasteiger partial charge in [-0.25, -0.2) is 0 Å². The van der Waals surface area contributed by atoms with Gasteiger partial charge in [0.25, 0.3) is 0 Å². The maximum atomic E-state index is 12.7. The number of hydrogen-bond acceptors (Lipinski definition) is 3. The fourth-order valence-corrected chi connectivity index (χ4v) is 2.94. The van der Waals surface area contributed by atoms with Crippen LogP contribution in [0.15, 0.2) is 66.1 Å². The number of carbonyl (C=O) groups is 1. The Balaban J connectivity index is 2.09. The lowest BCUT2D eigenvalue weighted by molar-refractivity contribution is -0.111. The van der Waals surface area contributed by atoms with Crippen molar-refractivity contribution in [1.82, 2.24) is 0 Å². The molecule has 0 heterocycles. The molecule has 0 radical (unpaired) electrons. The van der Waals surface area contributed by atoms with Crippen LogP contribution in [0.3, 0.4) is 0 Å². The van der Waals surface area contributed by atoms with Crippen LogP contribution in [0.25, 0.3) is 6.08 Å². The number of nitrogens with one attached hydrogen (secondary N) is 1. The Bertz CT molecular complexity index is 973. The predicted molar refractivity (Wildman–Crippen MR) is 109 cm³/mol. The SMILES string of the molecule is C=CC(C)Oc1ccc(C=CC(=O)Nc2ccc(S(F)(F)(F)(F)F)cc2)cc1OC. The number of anilines is 1. The zero-order valence-electron chi connectivity index (χ0n) is 16.1. The van der Waals surface area contributed by atoms with Crippen LogP contribution in [0, 0.1) is 0 Å². The van der Waals surface area contributed by atoms with E-state index in [1.807, 2.05) is 0 Å². The lowest BCUT2D eigenvalue weighted by Crippen LogP contribution is -2.09. The van der Waals surface area contributed by atoms with Crippen LogP contribution < -0.4 is 14.8 Å². The number of hydrogen-bond donors (Lipinski definition) is 1. The van der Waals surface area contributed by atoms with Crippen molar-refractivity contribution in [2.45, 2.75) is 17.9 Å². The number of rotatable bonds is 8. The Labute approximate surface area is 170 Å². The minimum absolute atomic E-state index is 0.0602. The van der Waals surface area contributed by atoms with Gasteiger partial charge in [0.1, 0.15) is 11.0 Å². The second-order valence-corrected chi connectivity index (χ2v) is 8.69. The summed E-state index contributed by atoms with van der Waals surface area (Å²) >= 11 is 0. The summed E-state index contributed by atoms with van der Waals surface area (Å²) < 4.78 is 74.4. The molecule has 0 fully saturated rings. The largest absolute Gasteiger partial charge is 0.493 e. The van der Waals surface area contributed by atoms with E-state index in [2.05, 4.69) is 11.9 Å². The molecule has 0 aliphatic rings. The molecule has 0 saturated heterocycles. The summed E-state index contributed by atoms with van der Waals surface area (Å²) in [5.41, 5.74) is 0.534. The maximum absolute atomic E-state index is 12.7. The molecule has 10 heteroatoms. The molecule has 0 saturated carbocycles. The summed E-state index contributed by atoms with van der Waals surface area (Å²) in [7, 11) is -8.29. The van der Waals surface area contributed by atoms with E-state index in [9.17, 15) is 24.2 Å². The Kier molecular flexibility index (Phi) is 5.95. The fraction of sp³-hybridized carbons (Fsp3) is 0.150. The Hall–Kier alpha value is -3.01. The summed E-state index contributed by atoms with van der Waals surface area (Å²) in [6.07, 6.45) is 3.96. The summed E-state index contributed by atoms with van der Waals surface area (Å²) in [6, 6.07) is 6.92. The van der Waals surface area contributed by atoms with E-state index in [1.165, 1.54) is 13.2 Å². The van der Waals surface area contributed by atoms with Gasteiger partial charge in [-0.3, -0.25) is 4.79 Å². The molecule has 0 bridgehead atoms. The van der Waals surface area contributed by atoms with Crippen molar-refractivity contribution in [3.05, 3.63) is 66.8 Å². The van der Waals surface area contributed by atoms with E-state index in [4.69, 9.17) is 9.47 Å². The van der Waals surface area contributed by atoms with E-state index < -0.39 is 21.0 Å². The Morgan fingerprint density at radius 1 is 1.07 bits per heavy atom. The molecule has 1 atom stereocenters. The summed E-state index contributed by atoms with van der Waals surface area (Å²) in [5, 5.41) is 2.30. The number of halogens is 5. The highest BCUT2D eigenvalue weighted by Gasteiger charge is 2.65. The second kappa shape index (κ2) is 7.67. The monoisotopic (exact) mass is 449 g/mol. The normalized spacial score (nSPS) is 15.0. The first kappa shape index (κ1) is 23.3. The fourth-order valence-electron chi connectivity index (χ4n) is 2.28. The third-order valence-corrected chi connectivity index (χ3v) is 4.99. The van der Waals surface area contributed by atoms with Crippen molar-refractivity contribution >= 4 is 27.9 Å². The third-order valence-electron chi connectivity index (χ3n) is 3.83. The number of methoxy groups -OCH3 is 1. The second-order valence-electron chi connectivity index (χ2n) is 6.28. The first-order chi connectivity index (χ1) is 13.7. The molecule has 2 aromatic rings. The van der Waals surface area contributed by atoms with E-state index >= 15 is 0 Å². The molecule has 2 rings (SSSR count). The smallest absolute Gasteiger partial charge is 0.310 e. The predicted octanol–water partition coefficient (Wildman–Crippen LogP) is 6.96. The number of ether oxygens (including phenoxy) is 2. The van der Waals surface area contributed by atoms with Crippen LogP contribution >= 0.6 is 10.2 Å². The first-order valence-corrected chi connectivity index (χ1v) is 10.5. The highest BCUT2D eigenvalue weighted by molar-refractivity contribution is 8.45. The highest BCUT2D eigenvalue weighted by Crippen LogP contribution is 3.02. The molecule has 164 valence electrons. The van der Waals surface area contributed by atoms with Crippen molar-refractivity contribution in [3.8, 4) is 11.5 Å². The topological polar surface area (TPSA) is 47.6 Å². The van der Waals surface area contributed by atoms with Gasteiger partial charge in [-0.2, -0.15) is 0 Å². The van der Waals surface area contributed by atoms with Gasteiger partial charge in [-0.1, -0.05) is 38.2 Å². The van der Waals surface area contributed by atoms with Crippen molar-refractivity contribution in [2.75, 3.05) is 12.4 Å². The molecule has 1 amide bonds. The molecule has 0 aliphatic carbocycles. The summed E-state index contributed by atoms with van der Waals surface area (Å²) in [4.78, 5) is 9.95. The van der Waals surface area contributed by atoms with Crippen LogP contribution in [-0.2, 0) is 4.79 Å². The van der Waals surface area contributed by atoms with E-state index in [-0.39, 0.29) is 23.9 Å². The Morgan fingerprint density at radius 3 is 2.23 bits per heavy atom. The lowest BCUT2D eigenvalue weighted by atomic mass is 10.2. The zero-order valence-corrected chi connectivity index (χ0v) is 16.9. The summed E-state index contributed by atoms with van der Waals surface area (Å²) in [5.74, 6) is 0.253. The van der Waals surface area contributed by atoms with Gasteiger partial charge < -0.3 is 14.8 Å². The molecule has 2 aromatic carbocycles. The molecule has 1 N–H and O–H groups in total. The molecular formula is C20H20F5NO3S. The molecular weight excluding hydrogens is 429 g/mol. The standard InChI is InChI=1S/C20H20F5NO3S/c1-4-14(2)29-18-11-5-15(13-19(18)28-3)6-12-20(27)26-16-7-9-17(10-8-16)30(21,22,23,24)25/h4-14H,1H2,2-3H3,(H,26,27). The van der Waals surface area contributed by atoms with Crippen molar-refractivity contribution in [2.24, 2.45) is 0 Å². The highest BCUT2D eigenvalue weighted by atomic mass is 32.5. The van der Waals surface area contributed by atoms with Crippen LogP contribution in [0.5, 0.6) is 11.5 Å². The Morgan fingerprint density at radius 2 is 1.70 bits per heavy atom. The van der Waals surface area contributed by atoms with Gasteiger partial charge in [0, 0.05) is 11.8 Å². The quantitative estimate of drug-likeness (QED) is 0.269.